The van der Waals surface area contributed by atoms with Gasteiger partial charge in [0.1, 0.15) is 11.9 Å². The average molecular weight is 443 g/mol. The van der Waals surface area contributed by atoms with Crippen molar-refractivity contribution in [1.29, 1.82) is 0 Å². The maximum absolute atomic E-state index is 14.3. The van der Waals surface area contributed by atoms with Gasteiger partial charge in [-0.25, -0.2) is 4.39 Å². The number of rotatable bonds is 9. The average Bonchev–Trinajstić information content (AvgIpc) is 2.82. The van der Waals surface area contributed by atoms with Crippen LogP contribution in [0.5, 0.6) is 11.5 Å². The molecule has 0 radical (unpaired) electrons. The van der Waals surface area contributed by atoms with E-state index in [4.69, 9.17) is 9.47 Å². The van der Waals surface area contributed by atoms with Crippen LogP contribution in [-0.2, 0) is 16.1 Å². The summed E-state index contributed by atoms with van der Waals surface area (Å²) in [5, 5.41) is 3.06. The second-order valence-corrected chi connectivity index (χ2v) is 8.07. The topological polar surface area (TPSA) is 67.9 Å². The Kier molecular flexibility index (Phi) is 8.48. The number of nitrogens with zero attached hydrogens (tertiary/aromatic N) is 1. The highest BCUT2D eigenvalue weighted by molar-refractivity contribution is 5.88. The summed E-state index contributed by atoms with van der Waals surface area (Å²) in [6.07, 6.45) is 5.24. The van der Waals surface area contributed by atoms with Crippen molar-refractivity contribution in [2.75, 3.05) is 13.7 Å². The molecule has 1 unspecified atom stereocenters. The lowest BCUT2D eigenvalue weighted by atomic mass is 9.95. The number of carbonyl (C=O) groups excluding carboxylic acids is 2. The second-order valence-electron chi connectivity index (χ2n) is 8.07. The van der Waals surface area contributed by atoms with Gasteiger partial charge in [-0.05, 0) is 38.0 Å². The number of halogens is 1. The molecule has 0 heterocycles. The molecule has 1 aliphatic carbocycles. The van der Waals surface area contributed by atoms with Crippen LogP contribution in [0.4, 0.5) is 4.39 Å². The number of para-hydroxylation sites is 2. The molecule has 0 bridgehead atoms. The van der Waals surface area contributed by atoms with Crippen LogP contribution in [0.3, 0.4) is 0 Å². The zero-order chi connectivity index (χ0) is 22.9. The molecule has 0 aromatic heterocycles. The maximum Gasteiger partial charge on any atom is 0.261 e. The van der Waals surface area contributed by atoms with E-state index in [1.54, 1.807) is 49.4 Å². The fraction of sp³-hybridized carbons (Fsp3) is 0.440. The monoisotopic (exact) mass is 442 g/mol. The Morgan fingerprint density at radius 3 is 2.41 bits per heavy atom. The third-order valence-corrected chi connectivity index (χ3v) is 5.84. The third kappa shape index (κ3) is 6.22. The molecule has 2 aromatic carbocycles. The number of methoxy groups -OCH3 is 1. The summed E-state index contributed by atoms with van der Waals surface area (Å²) in [6.45, 7) is 1.34. The van der Waals surface area contributed by atoms with Crippen molar-refractivity contribution in [2.24, 2.45) is 0 Å². The van der Waals surface area contributed by atoms with E-state index in [1.165, 1.54) is 24.5 Å². The van der Waals surface area contributed by atoms with Crippen LogP contribution in [0.25, 0.3) is 0 Å². The Hall–Kier alpha value is -3.09. The Bertz CT molecular complexity index is 914. The number of amides is 2. The number of ether oxygens (including phenoxy) is 2. The molecule has 7 heteroatoms. The third-order valence-electron chi connectivity index (χ3n) is 5.84. The molecule has 1 saturated carbocycles. The van der Waals surface area contributed by atoms with Crippen LogP contribution in [-0.4, -0.2) is 42.5 Å². The summed E-state index contributed by atoms with van der Waals surface area (Å²) in [6, 6.07) is 12.6. The van der Waals surface area contributed by atoms with Crippen LogP contribution in [0.2, 0.25) is 0 Å². The number of carbonyl (C=O) groups is 2. The lowest BCUT2D eigenvalue weighted by molar-refractivity contribution is -0.142. The van der Waals surface area contributed by atoms with E-state index in [1.807, 2.05) is 0 Å². The first-order valence-corrected chi connectivity index (χ1v) is 11.1. The van der Waals surface area contributed by atoms with Gasteiger partial charge in [-0.1, -0.05) is 49.6 Å². The standard InChI is InChI=1S/C25H31FN2O4/c1-18(25(30)27-20-11-4-3-5-12-20)28(16-19-10-6-7-13-21(19)26)24(29)17-32-23-15-9-8-14-22(23)31-2/h6-10,13-15,18,20H,3-5,11-12,16-17H2,1-2H3,(H,27,30). The number of benzene rings is 2. The highest BCUT2D eigenvalue weighted by atomic mass is 19.1. The van der Waals surface area contributed by atoms with Crippen molar-refractivity contribution in [3.8, 4) is 11.5 Å². The SMILES string of the molecule is COc1ccccc1OCC(=O)N(Cc1ccccc1F)C(C)C(=O)NC1CCCCC1. The maximum atomic E-state index is 14.3. The van der Waals surface area contributed by atoms with Gasteiger partial charge in [-0.15, -0.1) is 0 Å². The van der Waals surface area contributed by atoms with Crippen molar-refractivity contribution in [3.05, 3.63) is 59.9 Å². The van der Waals surface area contributed by atoms with Gasteiger partial charge < -0.3 is 19.7 Å². The minimum Gasteiger partial charge on any atom is -0.493 e. The molecule has 32 heavy (non-hydrogen) atoms. The fourth-order valence-corrected chi connectivity index (χ4v) is 3.92. The molecule has 0 spiro atoms. The van der Waals surface area contributed by atoms with Crippen LogP contribution >= 0.6 is 0 Å². The summed E-state index contributed by atoms with van der Waals surface area (Å²) in [4.78, 5) is 27.4. The van der Waals surface area contributed by atoms with E-state index < -0.39 is 17.8 Å². The highest BCUT2D eigenvalue weighted by Gasteiger charge is 2.29. The van der Waals surface area contributed by atoms with E-state index in [0.717, 1.165) is 25.7 Å². The molecule has 6 nitrogen and oxygen atoms in total. The molecule has 3 rings (SSSR count). The summed E-state index contributed by atoms with van der Waals surface area (Å²) >= 11 is 0. The van der Waals surface area contributed by atoms with E-state index in [2.05, 4.69) is 5.32 Å². The van der Waals surface area contributed by atoms with Crippen molar-refractivity contribution in [2.45, 2.75) is 57.7 Å². The van der Waals surface area contributed by atoms with Crippen LogP contribution in [0, 0.1) is 5.82 Å². The Morgan fingerprint density at radius 1 is 1.06 bits per heavy atom. The molecule has 0 saturated heterocycles. The minimum atomic E-state index is -0.773. The molecule has 1 atom stereocenters. The lowest BCUT2D eigenvalue weighted by Crippen LogP contribution is -2.51. The van der Waals surface area contributed by atoms with Crippen molar-refractivity contribution in [1.82, 2.24) is 10.2 Å². The van der Waals surface area contributed by atoms with Crippen molar-refractivity contribution in [3.63, 3.8) is 0 Å². The van der Waals surface area contributed by atoms with Crippen LogP contribution < -0.4 is 14.8 Å². The molecule has 2 aromatic rings. The zero-order valence-electron chi connectivity index (χ0n) is 18.7. The first-order valence-electron chi connectivity index (χ1n) is 11.1. The molecular formula is C25H31FN2O4. The summed E-state index contributed by atoms with van der Waals surface area (Å²) in [5.41, 5.74) is 0.343. The van der Waals surface area contributed by atoms with Gasteiger partial charge in [0.25, 0.3) is 5.91 Å². The summed E-state index contributed by atoms with van der Waals surface area (Å²) in [7, 11) is 1.52. The van der Waals surface area contributed by atoms with E-state index in [0.29, 0.717) is 17.1 Å². The van der Waals surface area contributed by atoms with Crippen molar-refractivity contribution < 1.29 is 23.5 Å². The van der Waals surface area contributed by atoms with Gasteiger partial charge in [-0.3, -0.25) is 9.59 Å². The largest absolute Gasteiger partial charge is 0.493 e. The summed E-state index contributed by atoms with van der Waals surface area (Å²) in [5.74, 6) is -0.141. The zero-order valence-corrected chi connectivity index (χ0v) is 18.7. The number of hydrogen-bond donors (Lipinski definition) is 1. The van der Waals surface area contributed by atoms with Crippen LogP contribution in [0.15, 0.2) is 48.5 Å². The Labute approximate surface area is 188 Å². The number of nitrogens with one attached hydrogen (secondary N) is 1. The van der Waals surface area contributed by atoms with Gasteiger partial charge in [0.05, 0.1) is 7.11 Å². The van der Waals surface area contributed by atoms with Crippen molar-refractivity contribution >= 4 is 11.8 Å². The smallest absolute Gasteiger partial charge is 0.261 e. The van der Waals surface area contributed by atoms with Gasteiger partial charge in [-0.2, -0.15) is 0 Å². The van der Waals surface area contributed by atoms with E-state index in [-0.39, 0.29) is 25.1 Å². The molecule has 1 aliphatic rings. The minimum absolute atomic E-state index is 0.0277. The van der Waals surface area contributed by atoms with Gasteiger partial charge in [0.2, 0.25) is 5.91 Å². The van der Waals surface area contributed by atoms with Gasteiger partial charge in [0.15, 0.2) is 18.1 Å². The molecule has 172 valence electrons. The predicted octanol–water partition coefficient (Wildman–Crippen LogP) is 4.08. The highest BCUT2D eigenvalue weighted by Crippen LogP contribution is 2.26. The predicted molar refractivity (Wildman–Crippen MR) is 120 cm³/mol. The first kappa shape index (κ1) is 23.6. The van der Waals surface area contributed by atoms with Gasteiger partial charge >= 0.3 is 0 Å². The second kappa shape index (κ2) is 11.5. The van der Waals surface area contributed by atoms with E-state index in [9.17, 15) is 14.0 Å². The van der Waals surface area contributed by atoms with E-state index >= 15 is 0 Å². The quantitative estimate of drug-likeness (QED) is 0.636. The lowest BCUT2D eigenvalue weighted by Gasteiger charge is -2.31. The molecule has 1 fully saturated rings. The Morgan fingerprint density at radius 2 is 1.72 bits per heavy atom. The number of hydrogen-bond acceptors (Lipinski definition) is 4. The Balaban J connectivity index is 1.73. The molecule has 0 aliphatic heterocycles. The molecule has 1 N–H and O–H groups in total. The molecule has 2 amide bonds. The summed E-state index contributed by atoms with van der Waals surface area (Å²) < 4.78 is 25.2. The fourth-order valence-electron chi connectivity index (χ4n) is 3.92. The normalized spacial score (nSPS) is 15.0. The first-order chi connectivity index (χ1) is 15.5. The molecular weight excluding hydrogens is 411 g/mol. The van der Waals surface area contributed by atoms with Gasteiger partial charge in [0, 0.05) is 18.2 Å². The van der Waals surface area contributed by atoms with Crippen LogP contribution in [0.1, 0.15) is 44.6 Å².